The van der Waals surface area contributed by atoms with Gasteiger partial charge < -0.3 is 5.32 Å². The smallest absolute Gasteiger partial charge is 0.263 e. The first-order valence-electron chi connectivity index (χ1n) is 8.42. The van der Waals surface area contributed by atoms with Crippen molar-refractivity contribution in [1.82, 2.24) is 25.2 Å². The Bertz CT molecular complexity index is 688. The Morgan fingerprint density at radius 3 is 2.92 bits per heavy atom. The lowest BCUT2D eigenvalue weighted by atomic mass is 10.0. The van der Waals surface area contributed by atoms with E-state index in [9.17, 15) is 4.79 Å². The van der Waals surface area contributed by atoms with E-state index in [2.05, 4.69) is 32.1 Å². The summed E-state index contributed by atoms with van der Waals surface area (Å²) >= 11 is 1.35. The third-order valence-electron chi connectivity index (χ3n) is 4.39. The number of amides is 1. The van der Waals surface area contributed by atoms with Gasteiger partial charge in [-0.25, -0.2) is 15.0 Å². The van der Waals surface area contributed by atoms with E-state index in [4.69, 9.17) is 0 Å². The molecule has 1 aliphatic heterocycles. The lowest BCUT2D eigenvalue weighted by Crippen LogP contribution is -2.42. The van der Waals surface area contributed by atoms with Crippen LogP contribution < -0.4 is 5.32 Å². The minimum absolute atomic E-state index is 0.0585. The largest absolute Gasteiger partial charge is 0.350 e. The Morgan fingerprint density at radius 2 is 2.17 bits per heavy atom. The van der Waals surface area contributed by atoms with Crippen molar-refractivity contribution in [3.8, 4) is 10.8 Å². The molecule has 0 saturated carbocycles. The molecule has 3 heterocycles. The topological polar surface area (TPSA) is 71.0 Å². The maximum Gasteiger partial charge on any atom is 0.263 e. The Labute approximate surface area is 146 Å². The maximum atomic E-state index is 12.4. The molecule has 24 heavy (non-hydrogen) atoms. The van der Waals surface area contributed by atoms with Crippen LogP contribution in [0.2, 0.25) is 0 Å². The van der Waals surface area contributed by atoms with Crippen molar-refractivity contribution in [1.29, 1.82) is 0 Å². The molecule has 1 N–H and O–H groups in total. The summed E-state index contributed by atoms with van der Waals surface area (Å²) in [7, 11) is 0. The summed E-state index contributed by atoms with van der Waals surface area (Å²) in [6.45, 7) is 6.81. The minimum Gasteiger partial charge on any atom is -0.350 e. The van der Waals surface area contributed by atoms with Gasteiger partial charge in [0.1, 0.15) is 4.88 Å². The first-order chi connectivity index (χ1) is 11.6. The second-order valence-corrected chi connectivity index (χ2v) is 7.14. The van der Waals surface area contributed by atoms with Gasteiger partial charge in [0, 0.05) is 31.5 Å². The average molecular weight is 345 g/mol. The number of nitrogens with zero attached hydrogens (tertiary/aromatic N) is 4. The van der Waals surface area contributed by atoms with E-state index in [0.717, 1.165) is 18.8 Å². The van der Waals surface area contributed by atoms with E-state index in [1.807, 2.05) is 6.92 Å². The van der Waals surface area contributed by atoms with Crippen LogP contribution >= 0.6 is 11.3 Å². The predicted molar refractivity (Wildman–Crippen MR) is 95.1 cm³/mol. The Hall–Kier alpha value is -1.86. The van der Waals surface area contributed by atoms with Crippen LogP contribution in [-0.4, -0.2) is 51.4 Å². The molecular formula is C17H23N5OS. The first-order valence-corrected chi connectivity index (χ1v) is 9.24. The summed E-state index contributed by atoms with van der Waals surface area (Å²) in [5.74, 6) is 0.503. The maximum absolute atomic E-state index is 12.4. The molecule has 2 aromatic heterocycles. The van der Waals surface area contributed by atoms with Crippen molar-refractivity contribution in [3.05, 3.63) is 29.0 Å². The second kappa shape index (κ2) is 7.81. The summed E-state index contributed by atoms with van der Waals surface area (Å²) in [6, 6.07) is 2.38. The molecule has 0 bridgehead atoms. The Morgan fingerprint density at radius 1 is 1.38 bits per heavy atom. The fourth-order valence-corrected chi connectivity index (χ4v) is 3.93. The Balaban J connectivity index is 1.58. The summed E-state index contributed by atoms with van der Waals surface area (Å²) in [4.78, 5) is 28.3. The van der Waals surface area contributed by atoms with Gasteiger partial charge in [-0.3, -0.25) is 9.69 Å². The molecule has 0 spiro atoms. The van der Waals surface area contributed by atoms with Gasteiger partial charge in [0.05, 0.1) is 5.69 Å². The molecular weight excluding hydrogens is 322 g/mol. The number of likely N-dealkylation sites (tertiary alicyclic amines) is 1. The number of carbonyl (C=O) groups excluding carboxylic acids is 1. The number of hydrogen-bond acceptors (Lipinski definition) is 6. The molecule has 1 aliphatic rings. The molecule has 1 atom stereocenters. The molecule has 3 rings (SSSR count). The second-order valence-electron chi connectivity index (χ2n) is 6.14. The van der Waals surface area contributed by atoms with E-state index < -0.39 is 0 Å². The fraction of sp³-hybridized carbons (Fsp3) is 0.529. The Kier molecular flexibility index (Phi) is 5.52. The standard InChI is InChI=1S/C17H23N5OS/c1-12-6-3-4-10-22(12)11-9-20-16(23)14-13(2)21-17(24-14)15-18-7-5-8-19-15/h5,7-8,12H,3-4,6,9-11H2,1-2H3,(H,20,23). The van der Waals surface area contributed by atoms with E-state index in [1.54, 1.807) is 18.5 Å². The SMILES string of the molecule is Cc1nc(-c2ncccn2)sc1C(=O)NCCN1CCCCC1C. The van der Waals surface area contributed by atoms with Crippen molar-refractivity contribution >= 4 is 17.2 Å². The van der Waals surface area contributed by atoms with Gasteiger partial charge in [-0.2, -0.15) is 0 Å². The third kappa shape index (κ3) is 3.96. The van der Waals surface area contributed by atoms with Crippen LogP contribution in [0.25, 0.3) is 10.8 Å². The van der Waals surface area contributed by atoms with Crippen LogP contribution in [0.3, 0.4) is 0 Å². The predicted octanol–water partition coefficient (Wildman–Crippen LogP) is 2.51. The number of aromatic nitrogens is 3. The van der Waals surface area contributed by atoms with Gasteiger partial charge in [0.15, 0.2) is 10.8 Å². The van der Waals surface area contributed by atoms with Crippen LogP contribution in [0.5, 0.6) is 0 Å². The summed E-state index contributed by atoms with van der Waals surface area (Å²) < 4.78 is 0. The number of nitrogens with one attached hydrogen (secondary N) is 1. The summed E-state index contributed by atoms with van der Waals surface area (Å²) in [5, 5.41) is 3.70. The van der Waals surface area contributed by atoms with Crippen LogP contribution in [0, 0.1) is 6.92 Å². The number of piperidine rings is 1. The first kappa shape index (κ1) is 17.0. The van der Waals surface area contributed by atoms with Crippen molar-refractivity contribution in [3.63, 3.8) is 0 Å². The highest BCUT2D eigenvalue weighted by molar-refractivity contribution is 7.17. The van der Waals surface area contributed by atoms with Crippen LogP contribution in [-0.2, 0) is 0 Å². The molecule has 1 saturated heterocycles. The fourth-order valence-electron chi connectivity index (χ4n) is 3.00. The third-order valence-corrected chi connectivity index (χ3v) is 5.54. The van der Waals surface area contributed by atoms with E-state index in [1.165, 1.54) is 30.6 Å². The van der Waals surface area contributed by atoms with Crippen molar-refractivity contribution in [2.75, 3.05) is 19.6 Å². The van der Waals surface area contributed by atoms with Crippen LogP contribution in [0.4, 0.5) is 0 Å². The zero-order valence-corrected chi connectivity index (χ0v) is 15.0. The van der Waals surface area contributed by atoms with Crippen molar-refractivity contribution < 1.29 is 4.79 Å². The molecule has 1 fully saturated rings. The van der Waals surface area contributed by atoms with Gasteiger partial charge >= 0.3 is 0 Å². The summed E-state index contributed by atoms with van der Waals surface area (Å²) in [6.07, 6.45) is 7.18. The molecule has 7 heteroatoms. The summed E-state index contributed by atoms with van der Waals surface area (Å²) in [5.41, 5.74) is 0.728. The number of hydrogen-bond donors (Lipinski definition) is 1. The number of carbonyl (C=O) groups is 1. The molecule has 0 aromatic carbocycles. The molecule has 2 aromatic rings. The highest BCUT2D eigenvalue weighted by atomic mass is 32.1. The van der Waals surface area contributed by atoms with E-state index in [0.29, 0.717) is 28.3 Å². The van der Waals surface area contributed by atoms with Crippen LogP contribution in [0.15, 0.2) is 18.5 Å². The van der Waals surface area contributed by atoms with Gasteiger partial charge in [-0.1, -0.05) is 6.42 Å². The number of rotatable bonds is 5. The lowest BCUT2D eigenvalue weighted by molar-refractivity contribution is 0.0941. The van der Waals surface area contributed by atoms with Crippen LogP contribution in [0.1, 0.15) is 41.6 Å². The molecule has 6 nitrogen and oxygen atoms in total. The highest BCUT2D eigenvalue weighted by Crippen LogP contribution is 2.25. The monoisotopic (exact) mass is 345 g/mol. The molecule has 0 radical (unpaired) electrons. The number of aryl methyl sites for hydroxylation is 1. The normalized spacial score (nSPS) is 18.5. The molecule has 1 amide bonds. The quantitative estimate of drug-likeness (QED) is 0.901. The zero-order chi connectivity index (χ0) is 16.9. The highest BCUT2D eigenvalue weighted by Gasteiger charge is 2.19. The van der Waals surface area contributed by atoms with E-state index >= 15 is 0 Å². The van der Waals surface area contributed by atoms with Crippen molar-refractivity contribution in [2.24, 2.45) is 0 Å². The molecule has 1 unspecified atom stereocenters. The average Bonchev–Trinajstić information content (AvgIpc) is 2.99. The minimum atomic E-state index is -0.0585. The molecule has 0 aliphatic carbocycles. The van der Waals surface area contributed by atoms with Gasteiger partial charge in [0.2, 0.25) is 0 Å². The van der Waals surface area contributed by atoms with Crippen molar-refractivity contribution in [2.45, 2.75) is 39.2 Å². The zero-order valence-electron chi connectivity index (χ0n) is 14.2. The van der Waals surface area contributed by atoms with E-state index in [-0.39, 0.29) is 5.91 Å². The molecule has 128 valence electrons. The number of thiazole rings is 1. The van der Waals surface area contributed by atoms with Gasteiger partial charge in [0.25, 0.3) is 5.91 Å². The van der Waals surface area contributed by atoms with Gasteiger partial charge in [-0.05, 0) is 39.3 Å². The van der Waals surface area contributed by atoms with Gasteiger partial charge in [-0.15, -0.1) is 11.3 Å². The lowest BCUT2D eigenvalue weighted by Gasteiger charge is -2.33.